The van der Waals surface area contributed by atoms with Gasteiger partial charge in [-0.05, 0) is 29.5 Å². The Morgan fingerprint density at radius 3 is 2.42 bits per heavy atom. The highest BCUT2D eigenvalue weighted by Crippen LogP contribution is 2.23. The number of nitrogens with one attached hydrogen (secondary N) is 1. The molecule has 1 fully saturated rings. The van der Waals surface area contributed by atoms with Gasteiger partial charge in [0.05, 0.1) is 12.1 Å². The second-order valence-corrected chi connectivity index (χ2v) is 9.44. The van der Waals surface area contributed by atoms with Gasteiger partial charge in [0.2, 0.25) is 5.91 Å². The van der Waals surface area contributed by atoms with E-state index >= 15 is 0 Å². The third-order valence-corrected chi connectivity index (χ3v) is 6.57. The molecule has 1 aliphatic rings. The number of nitrogens with two attached hydrogens (primary N) is 1. The summed E-state index contributed by atoms with van der Waals surface area (Å²) < 4.78 is 0. The van der Waals surface area contributed by atoms with Gasteiger partial charge in [-0.2, -0.15) is 0 Å². The first-order chi connectivity index (χ1) is 15.0. The fourth-order valence-corrected chi connectivity index (χ4v) is 4.69. The number of anilines is 1. The van der Waals surface area contributed by atoms with Crippen LogP contribution in [0.2, 0.25) is 0 Å². The maximum absolute atomic E-state index is 11.9. The van der Waals surface area contributed by atoms with E-state index in [2.05, 4.69) is 32.6 Å². The molecule has 31 heavy (non-hydrogen) atoms. The molecule has 1 aromatic carbocycles. The number of thiophene rings is 1. The summed E-state index contributed by atoms with van der Waals surface area (Å²) in [6.45, 7) is 9.71. The quantitative estimate of drug-likeness (QED) is 0.562. The van der Waals surface area contributed by atoms with Gasteiger partial charge in [-0.25, -0.2) is 9.97 Å². The molecule has 7 nitrogen and oxygen atoms in total. The van der Waals surface area contributed by atoms with Crippen LogP contribution in [-0.2, 0) is 17.9 Å². The number of primary amides is 1. The smallest absolute Gasteiger partial charge is 0.240 e. The number of carbonyl (C=O) groups is 1. The zero-order valence-electron chi connectivity index (χ0n) is 18.1. The molecule has 3 N–H and O–H groups in total. The Kier molecular flexibility index (Phi) is 6.80. The highest BCUT2D eigenvalue weighted by atomic mass is 32.1. The molecule has 1 amide bonds. The molecule has 4 rings (SSSR count). The lowest BCUT2D eigenvalue weighted by molar-refractivity contribution is -0.119. The predicted octanol–water partition coefficient (Wildman–Crippen LogP) is 2.93. The van der Waals surface area contributed by atoms with Crippen LogP contribution in [0.1, 0.15) is 24.5 Å². The minimum atomic E-state index is -0.480. The van der Waals surface area contributed by atoms with Gasteiger partial charge in [0.1, 0.15) is 17.7 Å². The van der Waals surface area contributed by atoms with E-state index in [0.29, 0.717) is 12.4 Å². The van der Waals surface area contributed by atoms with Crippen LogP contribution in [0.4, 0.5) is 5.82 Å². The fourth-order valence-electron chi connectivity index (χ4n) is 3.95. The number of fused-ring (bicyclic) bond motifs is 1. The maximum Gasteiger partial charge on any atom is 0.240 e. The lowest BCUT2D eigenvalue weighted by atomic mass is 10.0. The topological polar surface area (TPSA) is 87.4 Å². The van der Waals surface area contributed by atoms with Gasteiger partial charge in [-0.1, -0.05) is 32.0 Å². The number of piperazine rings is 1. The molecule has 8 heteroatoms. The van der Waals surface area contributed by atoms with Crippen molar-refractivity contribution in [1.29, 1.82) is 0 Å². The number of aromatic nitrogens is 2. The number of nitrogens with zero attached hydrogens (tertiary/aromatic N) is 4. The molecule has 0 radical (unpaired) electrons. The Bertz CT molecular complexity index is 1010. The number of hydrogen-bond acceptors (Lipinski definition) is 7. The first-order valence-electron chi connectivity index (χ1n) is 10.8. The van der Waals surface area contributed by atoms with Crippen molar-refractivity contribution < 1.29 is 4.79 Å². The average molecular weight is 439 g/mol. The van der Waals surface area contributed by atoms with Gasteiger partial charge in [-0.15, -0.1) is 11.3 Å². The average Bonchev–Trinajstić information content (AvgIpc) is 3.26. The second kappa shape index (κ2) is 9.72. The van der Waals surface area contributed by atoms with Crippen LogP contribution >= 0.6 is 11.3 Å². The number of benzene rings is 1. The Labute approximate surface area is 187 Å². The minimum absolute atomic E-state index is 0.0612. The fraction of sp³-hybridized carbons (Fsp3) is 0.435. The van der Waals surface area contributed by atoms with Crippen LogP contribution in [0.3, 0.4) is 0 Å². The van der Waals surface area contributed by atoms with Crippen molar-refractivity contribution in [3.8, 4) is 0 Å². The van der Waals surface area contributed by atoms with E-state index in [1.165, 1.54) is 4.88 Å². The molecule has 1 unspecified atom stereocenters. The molecular formula is C23H30N6OS. The number of hydrogen-bond donors (Lipinski definition) is 2. The lowest BCUT2D eigenvalue weighted by Crippen LogP contribution is -2.45. The number of para-hydroxylation sites is 1. The highest BCUT2D eigenvalue weighted by molar-refractivity contribution is 7.09. The van der Waals surface area contributed by atoms with E-state index in [1.807, 2.05) is 49.4 Å². The van der Waals surface area contributed by atoms with Crippen molar-refractivity contribution in [3.63, 3.8) is 0 Å². The summed E-state index contributed by atoms with van der Waals surface area (Å²) in [5.74, 6) is 1.13. The van der Waals surface area contributed by atoms with Crippen LogP contribution in [-0.4, -0.2) is 57.9 Å². The van der Waals surface area contributed by atoms with Crippen molar-refractivity contribution in [1.82, 2.24) is 19.8 Å². The molecule has 164 valence electrons. The van der Waals surface area contributed by atoms with Crippen molar-refractivity contribution in [2.75, 3.05) is 31.5 Å². The molecule has 0 spiro atoms. The Morgan fingerprint density at radius 2 is 1.77 bits per heavy atom. The van der Waals surface area contributed by atoms with Gasteiger partial charge in [0, 0.05) is 43.0 Å². The minimum Gasteiger partial charge on any atom is -0.368 e. The van der Waals surface area contributed by atoms with Crippen LogP contribution in [0.15, 0.2) is 41.8 Å². The largest absolute Gasteiger partial charge is 0.368 e. The molecule has 1 saturated heterocycles. The van der Waals surface area contributed by atoms with E-state index in [1.54, 1.807) is 0 Å². The summed E-state index contributed by atoms with van der Waals surface area (Å²) in [6, 6.07) is 11.7. The van der Waals surface area contributed by atoms with Crippen LogP contribution < -0.4 is 11.1 Å². The summed E-state index contributed by atoms with van der Waals surface area (Å²) in [5, 5.41) is 6.32. The Morgan fingerprint density at radius 1 is 1.06 bits per heavy atom. The monoisotopic (exact) mass is 438 g/mol. The van der Waals surface area contributed by atoms with Gasteiger partial charge in [-0.3, -0.25) is 14.6 Å². The number of carbonyl (C=O) groups excluding carboxylic acids is 1. The summed E-state index contributed by atoms with van der Waals surface area (Å²) in [6.07, 6.45) is 0. The van der Waals surface area contributed by atoms with E-state index in [-0.39, 0.29) is 11.8 Å². The lowest BCUT2D eigenvalue weighted by Gasteiger charge is -2.34. The van der Waals surface area contributed by atoms with Crippen molar-refractivity contribution >= 4 is 34.0 Å². The van der Waals surface area contributed by atoms with Gasteiger partial charge in [0.15, 0.2) is 0 Å². The molecule has 1 atom stereocenters. The highest BCUT2D eigenvalue weighted by Gasteiger charge is 2.22. The predicted molar refractivity (Wildman–Crippen MR) is 126 cm³/mol. The molecule has 0 aliphatic carbocycles. The molecular weight excluding hydrogens is 408 g/mol. The Balaban J connectivity index is 1.47. The summed E-state index contributed by atoms with van der Waals surface area (Å²) in [4.78, 5) is 27.8. The molecule has 2 aromatic heterocycles. The van der Waals surface area contributed by atoms with Crippen LogP contribution in [0.25, 0.3) is 10.9 Å². The third kappa shape index (κ3) is 5.39. The molecule has 1 aliphatic heterocycles. The summed E-state index contributed by atoms with van der Waals surface area (Å²) >= 11 is 1.82. The van der Waals surface area contributed by atoms with Gasteiger partial charge >= 0.3 is 0 Å². The van der Waals surface area contributed by atoms with Crippen molar-refractivity contribution in [3.05, 3.63) is 52.5 Å². The first kappa shape index (κ1) is 21.7. The number of rotatable bonds is 8. The Hall–Kier alpha value is -2.55. The van der Waals surface area contributed by atoms with Gasteiger partial charge in [0.25, 0.3) is 0 Å². The van der Waals surface area contributed by atoms with E-state index < -0.39 is 6.04 Å². The van der Waals surface area contributed by atoms with E-state index in [4.69, 9.17) is 15.7 Å². The van der Waals surface area contributed by atoms with E-state index in [9.17, 15) is 4.79 Å². The first-order valence-corrected chi connectivity index (χ1v) is 11.7. The van der Waals surface area contributed by atoms with Crippen LogP contribution in [0, 0.1) is 5.92 Å². The zero-order valence-corrected chi connectivity index (χ0v) is 18.9. The van der Waals surface area contributed by atoms with E-state index in [0.717, 1.165) is 49.5 Å². The molecule has 0 saturated carbocycles. The number of amides is 1. The third-order valence-electron chi connectivity index (χ3n) is 5.70. The maximum atomic E-state index is 11.9. The zero-order chi connectivity index (χ0) is 21.8. The van der Waals surface area contributed by atoms with Crippen molar-refractivity contribution in [2.24, 2.45) is 11.7 Å². The van der Waals surface area contributed by atoms with Crippen LogP contribution in [0.5, 0.6) is 0 Å². The SMILES string of the molecule is CC(C)C(Nc1nc(CN2CCN(Cc3cccs3)CC2)nc2ccccc12)C(N)=O. The van der Waals surface area contributed by atoms with Crippen molar-refractivity contribution in [2.45, 2.75) is 33.0 Å². The molecule has 0 bridgehead atoms. The standard InChI is InChI=1S/C23H30N6OS/c1-16(2)21(22(24)30)27-23-18-7-3-4-8-19(18)25-20(26-23)15-29-11-9-28(10-12-29)14-17-6-5-13-31-17/h3-8,13,16,21H,9-12,14-15H2,1-2H3,(H2,24,30)(H,25,26,27). The normalized spacial score (nSPS) is 16.6. The van der Waals surface area contributed by atoms with Gasteiger partial charge < -0.3 is 11.1 Å². The summed E-state index contributed by atoms with van der Waals surface area (Å²) in [7, 11) is 0. The second-order valence-electron chi connectivity index (χ2n) is 8.41. The molecule has 3 heterocycles. The molecule has 3 aromatic rings. The summed E-state index contributed by atoms with van der Waals surface area (Å²) in [5.41, 5.74) is 6.49.